The van der Waals surface area contributed by atoms with Crippen LogP contribution in [0.3, 0.4) is 0 Å². The molecule has 1 rings (SSSR count). The predicted molar refractivity (Wildman–Crippen MR) is 45.5 cm³/mol. The topological polar surface area (TPSA) is 24.8 Å². The molecule has 0 radical (unpaired) electrons. The SMILES string of the molecule is CCC1OCCN1N=C(C)C. The van der Waals surface area contributed by atoms with Crippen molar-refractivity contribution in [2.75, 3.05) is 13.2 Å². The quantitative estimate of drug-likeness (QED) is 0.565. The fraction of sp³-hybridized carbons (Fsp3) is 0.875. The molecule has 3 nitrogen and oxygen atoms in total. The molecular weight excluding hydrogens is 140 g/mol. The minimum atomic E-state index is 0.213. The van der Waals surface area contributed by atoms with Crippen LogP contribution < -0.4 is 0 Å². The van der Waals surface area contributed by atoms with Crippen molar-refractivity contribution in [2.45, 2.75) is 33.4 Å². The second kappa shape index (κ2) is 3.72. The molecule has 0 N–H and O–H groups in total. The summed E-state index contributed by atoms with van der Waals surface area (Å²) in [5, 5.41) is 6.38. The Morgan fingerprint density at radius 3 is 2.91 bits per heavy atom. The van der Waals surface area contributed by atoms with E-state index in [2.05, 4.69) is 12.0 Å². The Labute approximate surface area is 68.0 Å². The van der Waals surface area contributed by atoms with Gasteiger partial charge in [-0.25, -0.2) is 0 Å². The minimum absolute atomic E-state index is 0.213. The molecule has 11 heavy (non-hydrogen) atoms. The first kappa shape index (κ1) is 8.53. The number of hydrogen-bond donors (Lipinski definition) is 0. The Morgan fingerprint density at radius 1 is 1.64 bits per heavy atom. The molecule has 64 valence electrons. The van der Waals surface area contributed by atoms with Crippen molar-refractivity contribution in [3.8, 4) is 0 Å². The van der Waals surface area contributed by atoms with Crippen molar-refractivity contribution in [3.63, 3.8) is 0 Å². The molecule has 3 heteroatoms. The molecule has 1 aliphatic rings. The summed E-state index contributed by atoms with van der Waals surface area (Å²) in [6.07, 6.45) is 1.22. The molecule has 0 aliphatic carbocycles. The van der Waals surface area contributed by atoms with Crippen LogP contribution in [-0.4, -0.2) is 30.1 Å². The maximum atomic E-state index is 5.43. The molecule has 0 aromatic heterocycles. The summed E-state index contributed by atoms with van der Waals surface area (Å²) >= 11 is 0. The van der Waals surface area contributed by atoms with Crippen molar-refractivity contribution in [1.29, 1.82) is 0 Å². The first-order chi connectivity index (χ1) is 5.24. The third-order valence-corrected chi connectivity index (χ3v) is 1.64. The fourth-order valence-electron chi connectivity index (χ4n) is 1.21. The van der Waals surface area contributed by atoms with Gasteiger partial charge in [-0.1, -0.05) is 6.92 Å². The first-order valence-electron chi connectivity index (χ1n) is 4.14. The normalized spacial score (nSPS) is 23.9. The summed E-state index contributed by atoms with van der Waals surface area (Å²) in [5.41, 5.74) is 1.09. The number of nitrogens with zero attached hydrogens (tertiary/aromatic N) is 2. The molecule has 1 atom stereocenters. The smallest absolute Gasteiger partial charge is 0.145 e. The molecule has 1 saturated heterocycles. The van der Waals surface area contributed by atoms with Gasteiger partial charge in [-0.15, -0.1) is 0 Å². The monoisotopic (exact) mass is 156 g/mol. The van der Waals surface area contributed by atoms with E-state index >= 15 is 0 Å². The van der Waals surface area contributed by atoms with E-state index < -0.39 is 0 Å². The van der Waals surface area contributed by atoms with E-state index in [-0.39, 0.29) is 6.23 Å². The molecule has 0 amide bonds. The van der Waals surface area contributed by atoms with E-state index in [1.165, 1.54) is 0 Å². The van der Waals surface area contributed by atoms with Gasteiger partial charge in [-0.2, -0.15) is 5.10 Å². The largest absolute Gasteiger partial charge is 0.355 e. The van der Waals surface area contributed by atoms with E-state index in [1.807, 2.05) is 18.9 Å². The molecule has 1 fully saturated rings. The molecular formula is C8H16N2O. The summed E-state index contributed by atoms with van der Waals surface area (Å²) in [6.45, 7) is 7.87. The van der Waals surface area contributed by atoms with Crippen LogP contribution in [0.1, 0.15) is 27.2 Å². The van der Waals surface area contributed by atoms with Crippen molar-refractivity contribution >= 4 is 5.71 Å². The third-order valence-electron chi connectivity index (χ3n) is 1.64. The number of hydrogen-bond acceptors (Lipinski definition) is 3. The number of rotatable bonds is 2. The highest BCUT2D eigenvalue weighted by atomic mass is 16.5. The van der Waals surface area contributed by atoms with Gasteiger partial charge in [0.05, 0.1) is 13.2 Å². The van der Waals surface area contributed by atoms with Gasteiger partial charge >= 0.3 is 0 Å². The Morgan fingerprint density at radius 2 is 2.36 bits per heavy atom. The molecule has 0 aromatic rings. The zero-order valence-corrected chi connectivity index (χ0v) is 7.50. The van der Waals surface area contributed by atoms with E-state index in [0.29, 0.717) is 0 Å². The van der Waals surface area contributed by atoms with E-state index in [1.54, 1.807) is 0 Å². The highest BCUT2D eigenvalue weighted by molar-refractivity contribution is 5.78. The van der Waals surface area contributed by atoms with E-state index in [0.717, 1.165) is 25.3 Å². The Hall–Kier alpha value is -0.570. The summed E-state index contributed by atoms with van der Waals surface area (Å²) in [4.78, 5) is 0. The van der Waals surface area contributed by atoms with Crippen LogP contribution in [0.2, 0.25) is 0 Å². The average Bonchev–Trinajstić information content (AvgIpc) is 2.34. The molecule has 0 bridgehead atoms. The van der Waals surface area contributed by atoms with Gasteiger partial charge < -0.3 is 4.74 Å². The fourth-order valence-corrected chi connectivity index (χ4v) is 1.21. The van der Waals surface area contributed by atoms with E-state index in [9.17, 15) is 0 Å². The molecule has 1 unspecified atom stereocenters. The number of hydrazone groups is 1. The Kier molecular flexibility index (Phi) is 2.88. The van der Waals surface area contributed by atoms with Crippen LogP contribution in [0.25, 0.3) is 0 Å². The molecule has 1 aliphatic heterocycles. The Balaban J connectivity index is 2.50. The van der Waals surface area contributed by atoms with Crippen molar-refractivity contribution in [1.82, 2.24) is 5.01 Å². The lowest BCUT2D eigenvalue weighted by atomic mass is 10.4. The highest BCUT2D eigenvalue weighted by Crippen LogP contribution is 2.12. The third kappa shape index (κ3) is 2.19. The minimum Gasteiger partial charge on any atom is -0.355 e. The molecule has 0 saturated carbocycles. The van der Waals surface area contributed by atoms with Crippen molar-refractivity contribution in [2.24, 2.45) is 5.10 Å². The second-order valence-electron chi connectivity index (χ2n) is 2.94. The summed E-state index contributed by atoms with van der Waals surface area (Å²) in [6, 6.07) is 0. The average molecular weight is 156 g/mol. The Bertz CT molecular complexity index is 152. The second-order valence-corrected chi connectivity index (χ2v) is 2.94. The lowest BCUT2D eigenvalue weighted by molar-refractivity contribution is 0.0325. The van der Waals surface area contributed by atoms with Gasteiger partial charge in [0, 0.05) is 5.71 Å². The van der Waals surface area contributed by atoms with Crippen LogP contribution in [0.4, 0.5) is 0 Å². The van der Waals surface area contributed by atoms with Crippen LogP contribution in [-0.2, 0) is 4.74 Å². The van der Waals surface area contributed by atoms with E-state index in [4.69, 9.17) is 4.74 Å². The zero-order valence-electron chi connectivity index (χ0n) is 7.50. The lowest BCUT2D eigenvalue weighted by Crippen LogP contribution is -2.25. The van der Waals surface area contributed by atoms with Gasteiger partial charge in [-0.05, 0) is 20.3 Å². The van der Waals surface area contributed by atoms with Crippen LogP contribution in [0, 0.1) is 0 Å². The van der Waals surface area contributed by atoms with Gasteiger partial charge in [0.1, 0.15) is 6.23 Å². The predicted octanol–water partition coefficient (Wildman–Crippen LogP) is 1.45. The highest BCUT2D eigenvalue weighted by Gasteiger charge is 2.21. The lowest BCUT2D eigenvalue weighted by Gasteiger charge is -2.18. The first-order valence-corrected chi connectivity index (χ1v) is 4.14. The van der Waals surface area contributed by atoms with Crippen molar-refractivity contribution < 1.29 is 4.74 Å². The number of ether oxygens (including phenoxy) is 1. The summed E-state index contributed by atoms with van der Waals surface area (Å²) in [5.74, 6) is 0. The molecule has 1 heterocycles. The van der Waals surface area contributed by atoms with Gasteiger partial charge in [0.15, 0.2) is 0 Å². The summed E-state index contributed by atoms with van der Waals surface area (Å²) in [7, 11) is 0. The van der Waals surface area contributed by atoms with Gasteiger partial charge in [0.2, 0.25) is 0 Å². The summed E-state index contributed by atoms with van der Waals surface area (Å²) < 4.78 is 5.43. The maximum Gasteiger partial charge on any atom is 0.145 e. The van der Waals surface area contributed by atoms with Gasteiger partial charge in [0.25, 0.3) is 0 Å². The zero-order chi connectivity index (χ0) is 8.27. The van der Waals surface area contributed by atoms with Crippen molar-refractivity contribution in [3.05, 3.63) is 0 Å². The van der Waals surface area contributed by atoms with Crippen LogP contribution >= 0.6 is 0 Å². The molecule has 0 spiro atoms. The van der Waals surface area contributed by atoms with Crippen LogP contribution in [0.15, 0.2) is 5.10 Å². The standard InChI is InChI=1S/C8H16N2O/c1-4-8-10(5-6-11-8)9-7(2)3/h8H,4-6H2,1-3H3. The molecule has 0 aromatic carbocycles. The van der Waals surface area contributed by atoms with Crippen LogP contribution in [0.5, 0.6) is 0 Å². The maximum absolute atomic E-state index is 5.43. The van der Waals surface area contributed by atoms with Gasteiger partial charge in [-0.3, -0.25) is 5.01 Å².